The van der Waals surface area contributed by atoms with Crippen molar-refractivity contribution in [2.75, 3.05) is 26.4 Å². The van der Waals surface area contributed by atoms with Crippen LogP contribution in [0.25, 0.3) is 20.9 Å². The van der Waals surface area contributed by atoms with Gasteiger partial charge in [0.05, 0.1) is 13.2 Å². The quantitative estimate of drug-likeness (QED) is 0.159. The summed E-state index contributed by atoms with van der Waals surface area (Å²) in [4.78, 5) is 26.4. The molecule has 26 heteroatoms. The smallest absolute Gasteiger partial charge is 0.402 e. The van der Waals surface area contributed by atoms with Crippen molar-refractivity contribution in [3.8, 4) is 23.0 Å². The van der Waals surface area contributed by atoms with E-state index in [0.29, 0.717) is 24.7 Å². The van der Waals surface area contributed by atoms with Crippen molar-refractivity contribution >= 4 is 90.8 Å². The van der Waals surface area contributed by atoms with Gasteiger partial charge in [0.2, 0.25) is 0 Å². The van der Waals surface area contributed by atoms with Gasteiger partial charge in [-0.05, 0) is 73.4 Å². The van der Waals surface area contributed by atoms with Crippen molar-refractivity contribution in [3.05, 3.63) is 69.4 Å². The molecule has 1 aliphatic rings. The third-order valence-electron chi connectivity index (χ3n) is 4.69. The van der Waals surface area contributed by atoms with Crippen molar-refractivity contribution in [3.63, 3.8) is 0 Å². The van der Waals surface area contributed by atoms with Crippen LogP contribution in [0.3, 0.4) is 0 Å². The van der Waals surface area contributed by atoms with Gasteiger partial charge in [-0.3, -0.25) is 0 Å². The third-order valence-corrected chi connectivity index (χ3v) is 4.69. The molecule has 2 amide bonds. The number of rotatable bonds is 10. The molecule has 1 aliphatic heterocycles. The number of hydrogen-bond donors (Lipinski definition) is 2. The van der Waals surface area contributed by atoms with E-state index < -0.39 is 36.8 Å². The third kappa shape index (κ3) is 27.2. The van der Waals surface area contributed by atoms with Gasteiger partial charge in [-0.2, -0.15) is 0 Å². The lowest BCUT2D eigenvalue weighted by molar-refractivity contribution is -0.141. The number of benzene rings is 2. The van der Waals surface area contributed by atoms with Gasteiger partial charge >= 0.3 is 12.2 Å². The Morgan fingerprint density at radius 2 is 1.32 bits per heavy atom. The van der Waals surface area contributed by atoms with Gasteiger partial charge in [-0.1, -0.05) is 7.43 Å². The maximum atomic E-state index is 11.0. The van der Waals surface area contributed by atoms with Crippen molar-refractivity contribution in [1.82, 2.24) is 0 Å². The second-order valence-electron chi connectivity index (χ2n) is 9.31. The number of carbonyl (C=O) groups is 2. The number of aliphatic hydroxyl groups excluding tert-OH is 2. The Morgan fingerprint density at radius 3 is 1.64 bits per heavy atom. The zero-order chi connectivity index (χ0) is 36.5. The van der Waals surface area contributed by atoms with Crippen molar-refractivity contribution in [2.24, 2.45) is 10.2 Å². The molecule has 1 saturated heterocycles. The van der Waals surface area contributed by atoms with Crippen LogP contribution in [-0.4, -0.2) is 133 Å². The fourth-order valence-corrected chi connectivity index (χ4v) is 2.80. The molecule has 1 heterocycles. The van der Waals surface area contributed by atoms with Gasteiger partial charge in [-0.25, -0.2) is 9.59 Å². The van der Waals surface area contributed by atoms with E-state index in [0.717, 1.165) is 0 Å². The number of azide groups is 2. The minimum atomic E-state index is -1.05. The maximum Gasteiger partial charge on any atom is 0.402 e. The Hall–Kier alpha value is -3.69. The lowest BCUT2D eigenvalue weighted by Crippen LogP contribution is -2.25. The highest BCUT2D eigenvalue weighted by molar-refractivity contribution is 7.60. The largest absolute Gasteiger partial charge is 0.491 e. The first-order valence-electron chi connectivity index (χ1n) is 13.6. The Morgan fingerprint density at radius 1 is 0.940 bits per heavy atom. The van der Waals surface area contributed by atoms with Crippen LogP contribution in [0.15, 0.2) is 58.8 Å². The zero-order valence-corrected chi connectivity index (χ0v) is 27.4. The van der Waals surface area contributed by atoms with E-state index in [4.69, 9.17) is 68.2 Å². The average Bonchev–Trinajstić information content (AvgIpc) is 3.39. The molecule has 2 aromatic rings. The van der Waals surface area contributed by atoms with E-state index in [1.807, 2.05) is 13.8 Å². The molecule has 0 bridgehead atoms. The van der Waals surface area contributed by atoms with E-state index in [2.05, 4.69) is 48.0 Å². The van der Waals surface area contributed by atoms with Crippen LogP contribution in [-0.2, 0) is 9.47 Å². The summed E-state index contributed by atoms with van der Waals surface area (Å²) in [5.74, 6) is 0.926. The first kappa shape index (κ1) is 50.7. The summed E-state index contributed by atoms with van der Waals surface area (Å²) in [6, 6.07) is 12.2. The van der Waals surface area contributed by atoms with Crippen molar-refractivity contribution < 1.29 is 48.2 Å². The topological polar surface area (TPSA) is 227 Å². The Kier molecular flexibility index (Phi) is 29.5. The summed E-state index contributed by atoms with van der Waals surface area (Å²) in [5.41, 5.74) is 16.1. The Bertz CT molecular complexity index is 1330. The maximum absolute atomic E-state index is 11.0. The van der Waals surface area contributed by atoms with E-state index in [1.54, 1.807) is 12.1 Å². The van der Waals surface area contributed by atoms with Crippen LogP contribution in [0.2, 0.25) is 0 Å². The second kappa shape index (κ2) is 29.1. The van der Waals surface area contributed by atoms with Gasteiger partial charge in [0, 0.05) is 86.3 Å². The van der Waals surface area contributed by atoms with E-state index in [1.165, 1.54) is 43.5 Å². The average molecular weight is 696 g/mol. The number of halogens is 1. The molecule has 0 saturated carbocycles. The standard InChI is InChI=1S/C13H15N3O5.C10H11N3O5.CH4.B5.B4.ClH/c1-13(2)19-8-11(21-13)7-18-9-3-5-10(6-4-9)20-12(17)15-16-14;11-13-12-10(16)18-9-3-1-8(2-4-9)17-6-7(15)5-14;;1-4-5(2)3;1-4(2)3;/h3-6,11H,7-8H2,1-2H3;1-4,7,14-15H,5-6H2;1H4;;;1H. The van der Waals surface area contributed by atoms with Crippen LogP contribution in [0, 0.1) is 0 Å². The molecule has 2 unspecified atom stereocenters. The van der Waals surface area contributed by atoms with E-state index in [-0.39, 0.29) is 50.7 Å². The van der Waals surface area contributed by atoms with Crippen LogP contribution < -0.4 is 18.9 Å². The molecular weight excluding hydrogens is 665 g/mol. The lowest BCUT2D eigenvalue weighted by Gasteiger charge is -2.17. The molecule has 3 rings (SSSR count). The molecule has 0 aromatic heterocycles. The van der Waals surface area contributed by atoms with Crippen LogP contribution >= 0.6 is 12.4 Å². The van der Waals surface area contributed by atoms with E-state index >= 15 is 0 Å². The van der Waals surface area contributed by atoms with Gasteiger partial charge in [0.25, 0.3) is 0 Å². The first-order valence-corrected chi connectivity index (χ1v) is 13.6. The molecule has 50 heavy (non-hydrogen) atoms. The summed E-state index contributed by atoms with van der Waals surface area (Å²) in [6.45, 7) is 4.10. The monoisotopic (exact) mass is 697 g/mol. The van der Waals surface area contributed by atoms with Gasteiger partial charge in [0.1, 0.15) is 48.4 Å². The fourth-order valence-electron chi connectivity index (χ4n) is 2.80. The summed E-state index contributed by atoms with van der Waals surface area (Å²) < 4.78 is 31.1. The Labute approximate surface area is 306 Å². The summed E-state index contributed by atoms with van der Waals surface area (Å²) in [7, 11) is 29.8. The SMILES string of the molecule is C.CC1(C)OCC(COc2ccc(OC(=O)N=[N+]=[N-])cc2)O1.Cl.[B]B([B])[B].[B][B]B([B])[B].[N-]=[N+]=NC(=O)Oc1ccc(OCC(O)CO)cc1. The predicted octanol–water partition coefficient (Wildman–Crippen LogP) is 1.88. The van der Waals surface area contributed by atoms with Gasteiger partial charge in [0.15, 0.2) is 5.79 Å². The van der Waals surface area contributed by atoms with Crippen LogP contribution in [0.1, 0.15) is 21.3 Å². The Balaban J connectivity index is -0.000000693. The molecule has 1 fully saturated rings. The van der Waals surface area contributed by atoms with Gasteiger partial charge < -0.3 is 38.6 Å². The molecule has 0 spiro atoms. The fraction of sp³-hybridized carbons (Fsp3) is 0.417. The molecule has 2 N–H and O–H groups in total. The molecule has 16 nitrogen and oxygen atoms in total. The molecule has 2 aromatic carbocycles. The number of carbonyl (C=O) groups excluding carboxylic acids is 2. The minimum absolute atomic E-state index is 0. The first-order chi connectivity index (χ1) is 22.6. The van der Waals surface area contributed by atoms with Crippen molar-refractivity contribution in [1.29, 1.82) is 0 Å². The second-order valence-corrected chi connectivity index (χ2v) is 9.31. The normalized spacial score (nSPS) is 13.4. The minimum Gasteiger partial charge on any atom is -0.491 e. The van der Waals surface area contributed by atoms with Crippen LogP contribution in [0.4, 0.5) is 9.59 Å². The number of aliphatic hydroxyl groups is 2. The molecule has 251 valence electrons. The number of nitrogens with zero attached hydrogens (tertiary/aromatic N) is 6. The molecular formula is C24H31B9ClN6O10. The summed E-state index contributed by atoms with van der Waals surface area (Å²) in [6.07, 6.45) is -4.27. The highest BCUT2D eigenvalue weighted by Gasteiger charge is 2.32. The zero-order valence-electron chi connectivity index (χ0n) is 26.6. The summed E-state index contributed by atoms with van der Waals surface area (Å²) in [5, 5.41) is 23.2. The highest BCUT2D eigenvalue weighted by atomic mass is 35.5. The van der Waals surface area contributed by atoms with Crippen molar-refractivity contribution in [2.45, 2.75) is 39.3 Å². The van der Waals surface area contributed by atoms with Crippen LogP contribution in [0.5, 0.6) is 23.0 Å². The lowest BCUT2D eigenvalue weighted by atomic mass is 8.97. The number of ether oxygens (including phenoxy) is 6. The predicted molar refractivity (Wildman–Crippen MR) is 198 cm³/mol. The number of amides is 2. The molecule has 13 radical (unpaired) electrons. The molecule has 2 atom stereocenters. The van der Waals surface area contributed by atoms with E-state index in [9.17, 15) is 9.59 Å². The van der Waals surface area contributed by atoms with Gasteiger partial charge in [-0.15, -0.1) is 12.4 Å². The number of hydrogen-bond acceptors (Lipinski definition) is 10. The molecule has 0 aliphatic carbocycles. The highest BCUT2D eigenvalue weighted by Crippen LogP contribution is 2.24. The summed E-state index contributed by atoms with van der Waals surface area (Å²) >= 11 is 0.